The van der Waals surface area contributed by atoms with Gasteiger partial charge in [0.05, 0.1) is 11.1 Å². The summed E-state index contributed by atoms with van der Waals surface area (Å²) in [5, 5.41) is 0. The van der Waals surface area contributed by atoms with Crippen molar-refractivity contribution >= 4 is 43.7 Å². The molecule has 1 aromatic carbocycles. The molecule has 0 aliphatic carbocycles. The maximum Gasteiger partial charge on any atom is 0.254 e. The Morgan fingerprint density at radius 3 is 1.46 bits per heavy atom. The van der Waals surface area contributed by atoms with Gasteiger partial charge >= 0.3 is 0 Å². The Balaban J connectivity index is 3.01. The molecule has 6 heteroatoms. The van der Waals surface area contributed by atoms with Gasteiger partial charge in [0, 0.05) is 36.1 Å². The first-order chi connectivity index (χ1) is 11.3. The van der Waals surface area contributed by atoms with Gasteiger partial charge in [0.25, 0.3) is 11.8 Å². The molecule has 0 atom stereocenters. The van der Waals surface area contributed by atoms with E-state index in [1.165, 1.54) is 0 Å². The summed E-state index contributed by atoms with van der Waals surface area (Å²) in [6.45, 7) is 5.64. The van der Waals surface area contributed by atoms with Crippen LogP contribution in [0.25, 0.3) is 0 Å². The van der Waals surface area contributed by atoms with E-state index in [4.69, 9.17) is 0 Å². The van der Waals surface area contributed by atoms with Gasteiger partial charge in [-0.1, -0.05) is 26.7 Å². The average Bonchev–Trinajstić information content (AvgIpc) is 2.57. The van der Waals surface area contributed by atoms with Gasteiger partial charge in [0.15, 0.2) is 0 Å². The normalized spacial score (nSPS) is 10.6. The number of rotatable bonds is 8. The maximum absolute atomic E-state index is 12.6. The van der Waals surface area contributed by atoms with Gasteiger partial charge in [0.1, 0.15) is 0 Å². The number of carbonyl (C=O) groups excluding carboxylic acids is 2. The van der Waals surface area contributed by atoms with Crippen molar-refractivity contribution in [1.29, 1.82) is 0 Å². The minimum absolute atomic E-state index is 0.0469. The van der Waals surface area contributed by atoms with Crippen LogP contribution in [0.1, 0.15) is 60.2 Å². The molecule has 0 aromatic heterocycles. The van der Waals surface area contributed by atoms with Crippen LogP contribution < -0.4 is 0 Å². The Hall–Kier alpha value is -0.880. The molecule has 134 valence electrons. The Labute approximate surface area is 161 Å². The summed E-state index contributed by atoms with van der Waals surface area (Å²) in [7, 11) is 3.60. The zero-order chi connectivity index (χ0) is 18.3. The smallest absolute Gasteiger partial charge is 0.254 e. The first-order valence-corrected chi connectivity index (χ1v) is 9.92. The molecule has 0 saturated heterocycles. The minimum Gasteiger partial charge on any atom is -0.342 e. The van der Waals surface area contributed by atoms with Gasteiger partial charge in [-0.25, -0.2) is 0 Å². The average molecular weight is 462 g/mol. The molecule has 0 radical (unpaired) electrons. The van der Waals surface area contributed by atoms with Crippen LogP contribution in [0.2, 0.25) is 0 Å². The molecule has 2 amide bonds. The molecular weight excluding hydrogens is 436 g/mol. The summed E-state index contributed by atoms with van der Waals surface area (Å²) < 4.78 is 1.29. The monoisotopic (exact) mass is 460 g/mol. The van der Waals surface area contributed by atoms with Crippen LogP contribution in [-0.2, 0) is 0 Å². The predicted octanol–water partition coefficient (Wildman–Crippen LogP) is 4.96. The third-order valence-corrected chi connectivity index (χ3v) is 5.22. The second kappa shape index (κ2) is 10.2. The summed E-state index contributed by atoms with van der Waals surface area (Å²) in [5.74, 6) is -0.0938. The number of carbonyl (C=O) groups is 2. The van der Waals surface area contributed by atoms with Crippen molar-refractivity contribution in [3.63, 3.8) is 0 Å². The van der Waals surface area contributed by atoms with Crippen LogP contribution in [-0.4, -0.2) is 48.8 Å². The number of amides is 2. The van der Waals surface area contributed by atoms with E-state index in [2.05, 4.69) is 45.7 Å². The highest BCUT2D eigenvalue weighted by Gasteiger charge is 2.21. The SMILES string of the molecule is CCCCN(C)C(=O)c1cc(Br)c(C(=O)N(C)CCCC)cc1Br. The van der Waals surface area contributed by atoms with Crippen molar-refractivity contribution in [2.24, 2.45) is 0 Å². The van der Waals surface area contributed by atoms with Crippen molar-refractivity contribution in [3.05, 3.63) is 32.2 Å². The van der Waals surface area contributed by atoms with E-state index >= 15 is 0 Å². The zero-order valence-corrected chi connectivity index (χ0v) is 18.0. The van der Waals surface area contributed by atoms with Crippen LogP contribution >= 0.6 is 31.9 Å². The lowest BCUT2D eigenvalue weighted by Crippen LogP contribution is -2.29. The summed E-state index contributed by atoms with van der Waals surface area (Å²) in [6.07, 6.45) is 4.03. The van der Waals surface area contributed by atoms with Gasteiger partial charge in [-0.15, -0.1) is 0 Å². The highest BCUT2D eigenvalue weighted by atomic mass is 79.9. The number of halogens is 2. The van der Waals surface area contributed by atoms with Crippen LogP contribution in [0, 0.1) is 0 Å². The first kappa shape index (κ1) is 21.2. The molecule has 0 saturated carbocycles. The fraction of sp³-hybridized carbons (Fsp3) is 0.556. The lowest BCUT2D eigenvalue weighted by molar-refractivity contribution is 0.0780. The molecule has 0 N–H and O–H groups in total. The standard InChI is InChI=1S/C18H26Br2N2O2/c1-5-7-9-21(3)17(23)13-11-16(20)14(12-15(13)19)18(24)22(4)10-8-6-2/h11-12H,5-10H2,1-4H3. The molecule has 4 nitrogen and oxygen atoms in total. The topological polar surface area (TPSA) is 40.6 Å². The van der Waals surface area contributed by atoms with E-state index in [-0.39, 0.29) is 11.8 Å². The molecule has 0 aliphatic heterocycles. The Bertz CT molecular complexity index is 539. The quantitative estimate of drug-likeness (QED) is 0.549. The molecule has 1 aromatic rings. The summed E-state index contributed by atoms with van der Waals surface area (Å²) >= 11 is 6.90. The number of benzene rings is 1. The fourth-order valence-corrected chi connectivity index (χ4v) is 3.31. The third-order valence-electron chi connectivity index (χ3n) is 3.91. The van der Waals surface area contributed by atoms with Gasteiger partial charge in [-0.05, 0) is 56.8 Å². The number of hydrogen-bond donors (Lipinski definition) is 0. The minimum atomic E-state index is -0.0469. The van der Waals surface area contributed by atoms with Crippen LogP contribution in [0.4, 0.5) is 0 Å². The maximum atomic E-state index is 12.6. The van der Waals surface area contributed by atoms with Crippen molar-refractivity contribution in [2.45, 2.75) is 39.5 Å². The zero-order valence-electron chi connectivity index (χ0n) is 14.9. The second-order valence-corrected chi connectivity index (χ2v) is 7.68. The lowest BCUT2D eigenvalue weighted by Gasteiger charge is -2.20. The van der Waals surface area contributed by atoms with Gasteiger partial charge in [0.2, 0.25) is 0 Å². The predicted molar refractivity (Wildman–Crippen MR) is 106 cm³/mol. The molecule has 0 spiro atoms. The highest BCUT2D eigenvalue weighted by molar-refractivity contribution is 9.11. The second-order valence-electron chi connectivity index (χ2n) is 5.97. The Morgan fingerprint density at radius 2 is 1.17 bits per heavy atom. The van der Waals surface area contributed by atoms with Crippen molar-refractivity contribution < 1.29 is 9.59 Å². The van der Waals surface area contributed by atoms with E-state index in [9.17, 15) is 9.59 Å². The number of nitrogens with zero attached hydrogens (tertiary/aromatic N) is 2. The number of hydrogen-bond acceptors (Lipinski definition) is 2. The van der Waals surface area contributed by atoms with Crippen LogP contribution in [0.5, 0.6) is 0 Å². The largest absolute Gasteiger partial charge is 0.342 e. The van der Waals surface area contributed by atoms with Crippen molar-refractivity contribution in [2.75, 3.05) is 27.2 Å². The first-order valence-electron chi connectivity index (χ1n) is 8.33. The van der Waals surface area contributed by atoms with E-state index < -0.39 is 0 Å². The van der Waals surface area contributed by atoms with Crippen molar-refractivity contribution in [3.8, 4) is 0 Å². The molecule has 1 rings (SSSR count). The van der Waals surface area contributed by atoms with E-state index in [1.807, 2.05) is 0 Å². The number of unbranched alkanes of at least 4 members (excludes halogenated alkanes) is 2. The molecule has 24 heavy (non-hydrogen) atoms. The lowest BCUT2D eigenvalue weighted by atomic mass is 10.1. The van der Waals surface area contributed by atoms with Gasteiger partial charge in [-0.2, -0.15) is 0 Å². The molecule has 0 heterocycles. The highest BCUT2D eigenvalue weighted by Crippen LogP contribution is 2.28. The molecule has 0 aliphatic rings. The molecule has 0 fully saturated rings. The van der Waals surface area contributed by atoms with Gasteiger partial charge in [-0.3, -0.25) is 9.59 Å². The van der Waals surface area contributed by atoms with E-state index in [0.29, 0.717) is 20.1 Å². The van der Waals surface area contributed by atoms with Crippen LogP contribution in [0.3, 0.4) is 0 Å². The van der Waals surface area contributed by atoms with Gasteiger partial charge < -0.3 is 9.80 Å². The summed E-state index contributed by atoms with van der Waals surface area (Å²) in [6, 6.07) is 3.46. The third kappa shape index (κ3) is 5.59. The van der Waals surface area contributed by atoms with E-state index in [1.54, 1.807) is 36.0 Å². The van der Waals surface area contributed by atoms with Crippen molar-refractivity contribution in [1.82, 2.24) is 9.80 Å². The van der Waals surface area contributed by atoms with Crippen LogP contribution in [0.15, 0.2) is 21.1 Å². The Kier molecular flexibility index (Phi) is 8.98. The summed E-state index contributed by atoms with van der Waals surface area (Å²) in [4.78, 5) is 28.5. The van der Waals surface area contributed by atoms with E-state index in [0.717, 1.165) is 38.8 Å². The molecule has 0 bridgehead atoms. The molecular formula is C18H26Br2N2O2. The summed E-state index contributed by atoms with van der Waals surface area (Å²) in [5.41, 5.74) is 1.13. The Morgan fingerprint density at radius 1 is 0.833 bits per heavy atom. The molecule has 0 unspecified atom stereocenters. The fourth-order valence-electron chi connectivity index (χ4n) is 2.28.